The molecule has 0 aliphatic carbocycles. The Hall–Kier alpha value is 0.1000. The summed E-state index contributed by atoms with van der Waals surface area (Å²) in [6, 6.07) is 0.359. The fraction of sp³-hybridized carbons (Fsp3) is 0.714. The van der Waals surface area contributed by atoms with Crippen LogP contribution < -0.4 is 5.32 Å². The molecule has 0 bridgehead atoms. The maximum absolute atomic E-state index is 3.72. The fourth-order valence-electron chi connectivity index (χ4n) is 2.23. The first-order valence-electron chi connectivity index (χ1n) is 6.59. The van der Waals surface area contributed by atoms with E-state index >= 15 is 0 Å². The van der Waals surface area contributed by atoms with E-state index in [0.29, 0.717) is 6.04 Å². The van der Waals surface area contributed by atoms with Crippen LogP contribution in [0.3, 0.4) is 0 Å². The number of nitrogens with zero attached hydrogens (tertiary/aromatic N) is 1. The van der Waals surface area contributed by atoms with Crippen molar-refractivity contribution in [1.29, 1.82) is 0 Å². The average molecular weight is 333 g/mol. The van der Waals surface area contributed by atoms with Gasteiger partial charge in [-0.2, -0.15) is 11.3 Å². The largest absolute Gasteiger partial charge is 0.308 e. The van der Waals surface area contributed by atoms with Gasteiger partial charge in [-0.05, 0) is 67.3 Å². The van der Waals surface area contributed by atoms with E-state index in [2.05, 4.69) is 71.8 Å². The lowest BCUT2D eigenvalue weighted by Crippen LogP contribution is -2.51. The lowest BCUT2D eigenvalue weighted by atomic mass is 9.84. The topological polar surface area (TPSA) is 15.3 Å². The summed E-state index contributed by atoms with van der Waals surface area (Å²) in [6.07, 6.45) is 2.27. The van der Waals surface area contributed by atoms with E-state index in [-0.39, 0.29) is 5.54 Å². The summed E-state index contributed by atoms with van der Waals surface area (Å²) < 4.78 is 1.22. The predicted octanol–water partition coefficient (Wildman–Crippen LogP) is 4.28. The minimum Gasteiger partial charge on any atom is -0.308 e. The Labute approximate surface area is 124 Å². The molecule has 0 aliphatic rings. The van der Waals surface area contributed by atoms with Crippen molar-refractivity contribution in [2.24, 2.45) is 0 Å². The van der Waals surface area contributed by atoms with Crippen molar-refractivity contribution in [1.82, 2.24) is 10.2 Å². The lowest BCUT2D eigenvalue weighted by molar-refractivity contribution is 0.112. The fourth-order valence-corrected chi connectivity index (χ4v) is 3.78. The van der Waals surface area contributed by atoms with E-state index in [1.165, 1.54) is 10.0 Å². The maximum Gasteiger partial charge on any atom is 0.0523 e. The molecule has 1 N–H and O–H groups in total. The summed E-state index contributed by atoms with van der Waals surface area (Å²) in [5, 5.41) is 8.15. The van der Waals surface area contributed by atoms with Crippen molar-refractivity contribution in [2.45, 2.75) is 45.2 Å². The highest BCUT2D eigenvalue weighted by molar-refractivity contribution is 9.10. The molecule has 0 amide bonds. The zero-order chi connectivity index (χ0) is 13.8. The summed E-state index contributed by atoms with van der Waals surface area (Å²) in [5.41, 5.74) is 1.50. The lowest BCUT2D eigenvalue weighted by Gasteiger charge is -2.43. The zero-order valence-corrected chi connectivity index (χ0v) is 14.5. The van der Waals surface area contributed by atoms with E-state index in [1.54, 1.807) is 11.3 Å². The van der Waals surface area contributed by atoms with Crippen LogP contribution in [0.25, 0.3) is 0 Å². The minimum absolute atomic E-state index is 0.124. The number of hydrogen-bond acceptors (Lipinski definition) is 3. The Bertz CT molecular complexity index is 364. The molecule has 1 heterocycles. The molecule has 2 unspecified atom stereocenters. The molecule has 0 fully saturated rings. The van der Waals surface area contributed by atoms with Crippen LogP contribution in [0.15, 0.2) is 15.2 Å². The molecule has 0 saturated heterocycles. The van der Waals surface area contributed by atoms with Gasteiger partial charge in [-0.3, -0.25) is 0 Å². The van der Waals surface area contributed by atoms with Gasteiger partial charge >= 0.3 is 0 Å². The monoisotopic (exact) mass is 332 g/mol. The third kappa shape index (κ3) is 3.35. The predicted molar refractivity (Wildman–Crippen MR) is 85.4 cm³/mol. The molecule has 0 aromatic carbocycles. The van der Waals surface area contributed by atoms with E-state index in [9.17, 15) is 0 Å². The van der Waals surface area contributed by atoms with Crippen LogP contribution in [0.2, 0.25) is 0 Å². The van der Waals surface area contributed by atoms with Crippen molar-refractivity contribution < 1.29 is 0 Å². The van der Waals surface area contributed by atoms with Crippen LogP contribution in [0.5, 0.6) is 0 Å². The molecule has 1 aromatic heterocycles. The number of likely N-dealkylation sites (N-methyl/N-ethyl adjacent to an activating group) is 1. The molecule has 0 spiro atoms. The average Bonchev–Trinajstić information content (AvgIpc) is 2.75. The molecule has 1 aromatic rings. The molecule has 104 valence electrons. The number of rotatable bonds is 7. The second kappa shape index (κ2) is 7.04. The van der Waals surface area contributed by atoms with Crippen LogP contribution in [-0.2, 0) is 0 Å². The second-order valence-corrected chi connectivity index (χ2v) is 6.77. The highest BCUT2D eigenvalue weighted by Crippen LogP contribution is 2.37. The highest BCUT2D eigenvalue weighted by Gasteiger charge is 2.36. The van der Waals surface area contributed by atoms with Crippen molar-refractivity contribution in [3.8, 4) is 0 Å². The summed E-state index contributed by atoms with van der Waals surface area (Å²) in [6.45, 7) is 7.87. The van der Waals surface area contributed by atoms with Gasteiger partial charge in [0.25, 0.3) is 0 Å². The Morgan fingerprint density at radius 1 is 1.39 bits per heavy atom. The van der Waals surface area contributed by atoms with Crippen molar-refractivity contribution in [3.63, 3.8) is 0 Å². The van der Waals surface area contributed by atoms with Crippen LogP contribution in [0, 0.1) is 0 Å². The Morgan fingerprint density at radius 2 is 2.06 bits per heavy atom. The molecule has 0 radical (unpaired) electrons. The minimum atomic E-state index is 0.124. The number of nitrogens with one attached hydrogen (secondary N) is 1. The molecule has 18 heavy (non-hydrogen) atoms. The number of halogens is 1. The van der Waals surface area contributed by atoms with E-state index in [4.69, 9.17) is 0 Å². The molecule has 0 saturated carbocycles. The van der Waals surface area contributed by atoms with Gasteiger partial charge in [-0.15, -0.1) is 0 Å². The molecular formula is C14H25BrN2S. The third-order valence-electron chi connectivity index (χ3n) is 3.91. The maximum atomic E-state index is 3.72. The molecule has 2 nitrogen and oxygen atoms in total. The number of thiophene rings is 1. The van der Waals surface area contributed by atoms with Gasteiger partial charge in [0.1, 0.15) is 0 Å². The second-order valence-electron chi connectivity index (χ2n) is 5.17. The van der Waals surface area contributed by atoms with Gasteiger partial charge in [0, 0.05) is 15.4 Å². The van der Waals surface area contributed by atoms with Crippen molar-refractivity contribution in [2.75, 3.05) is 20.6 Å². The van der Waals surface area contributed by atoms with Crippen molar-refractivity contribution >= 4 is 27.3 Å². The third-order valence-corrected chi connectivity index (χ3v) is 5.66. The van der Waals surface area contributed by atoms with E-state index in [0.717, 1.165) is 19.4 Å². The van der Waals surface area contributed by atoms with E-state index < -0.39 is 0 Å². The Balaban J connectivity index is 3.08. The number of hydrogen-bond donors (Lipinski definition) is 1. The Kier molecular flexibility index (Phi) is 6.31. The van der Waals surface area contributed by atoms with Gasteiger partial charge in [0.15, 0.2) is 0 Å². The van der Waals surface area contributed by atoms with Gasteiger partial charge in [-0.25, -0.2) is 0 Å². The molecule has 2 atom stereocenters. The van der Waals surface area contributed by atoms with E-state index in [1.807, 2.05) is 0 Å². The summed E-state index contributed by atoms with van der Waals surface area (Å²) in [4.78, 5) is 2.34. The summed E-state index contributed by atoms with van der Waals surface area (Å²) in [7, 11) is 4.34. The summed E-state index contributed by atoms with van der Waals surface area (Å²) in [5.74, 6) is 0. The van der Waals surface area contributed by atoms with Gasteiger partial charge in [0.05, 0.1) is 6.04 Å². The normalized spacial score (nSPS) is 16.8. The molecule has 0 aliphatic heterocycles. The van der Waals surface area contributed by atoms with Crippen LogP contribution in [0.4, 0.5) is 0 Å². The first-order valence-corrected chi connectivity index (χ1v) is 8.33. The van der Waals surface area contributed by atoms with Crippen molar-refractivity contribution in [3.05, 3.63) is 20.8 Å². The van der Waals surface area contributed by atoms with Crippen LogP contribution in [-0.4, -0.2) is 31.1 Å². The quantitative estimate of drug-likeness (QED) is 0.801. The first kappa shape index (κ1) is 16.2. The summed E-state index contributed by atoms with van der Waals surface area (Å²) >= 11 is 5.44. The Morgan fingerprint density at radius 3 is 2.44 bits per heavy atom. The molecular weight excluding hydrogens is 308 g/mol. The SMILES string of the molecule is CCCNC(c1cscc1Br)C(C)(CC)N(C)C. The highest BCUT2D eigenvalue weighted by atomic mass is 79.9. The standard InChI is InChI=1S/C14H25BrN2S/c1-6-8-16-13(11-9-18-10-12(11)15)14(3,7-2)17(4)5/h9-10,13,16H,6-8H2,1-5H3. The molecule has 4 heteroatoms. The van der Waals surface area contributed by atoms with Gasteiger partial charge in [-0.1, -0.05) is 13.8 Å². The first-order chi connectivity index (χ1) is 8.47. The van der Waals surface area contributed by atoms with Gasteiger partial charge in [0.2, 0.25) is 0 Å². The molecule has 1 rings (SSSR count). The zero-order valence-electron chi connectivity index (χ0n) is 12.1. The van der Waals surface area contributed by atoms with Crippen LogP contribution >= 0.6 is 27.3 Å². The smallest absolute Gasteiger partial charge is 0.0523 e. The van der Waals surface area contributed by atoms with Crippen LogP contribution in [0.1, 0.15) is 45.2 Å². The van der Waals surface area contributed by atoms with Gasteiger partial charge < -0.3 is 10.2 Å².